The monoisotopic (exact) mass is 291 g/mol. The Kier molecular flexibility index (Phi) is 5.52. The number of carbonyl (C=O) groups excluding carboxylic acids is 1. The maximum atomic E-state index is 12.2. The molecule has 0 bridgehead atoms. The highest BCUT2D eigenvalue weighted by Crippen LogP contribution is 2.17. The second-order valence-corrected chi connectivity index (χ2v) is 5.77. The van der Waals surface area contributed by atoms with Gasteiger partial charge in [0.25, 0.3) is 5.91 Å². The van der Waals surface area contributed by atoms with Gasteiger partial charge < -0.3 is 15.6 Å². The molecule has 6 heteroatoms. The average molecular weight is 291 g/mol. The van der Waals surface area contributed by atoms with Crippen LogP contribution in [0.25, 0.3) is 0 Å². The van der Waals surface area contributed by atoms with Crippen molar-refractivity contribution < 1.29 is 4.79 Å². The van der Waals surface area contributed by atoms with Crippen LogP contribution in [0.15, 0.2) is 12.1 Å². The number of likely N-dealkylation sites (tertiary alicyclic amines) is 1. The van der Waals surface area contributed by atoms with Crippen LogP contribution < -0.4 is 16.6 Å². The Balaban J connectivity index is 1.95. The molecule has 1 fully saturated rings. The average Bonchev–Trinajstić information content (AvgIpc) is 2.99. The van der Waals surface area contributed by atoms with Gasteiger partial charge in [0, 0.05) is 24.3 Å². The number of nitrogen functional groups attached to an aromatic ring is 1. The van der Waals surface area contributed by atoms with Crippen molar-refractivity contribution in [1.82, 2.24) is 15.2 Å². The molecule has 1 aliphatic heterocycles. The number of amides is 1. The fourth-order valence-corrected chi connectivity index (χ4v) is 2.49. The number of aromatic nitrogens is 1. The summed E-state index contributed by atoms with van der Waals surface area (Å²) in [6.07, 6.45) is 2.53. The molecule has 4 N–H and O–H groups in total. The van der Waals surface area contributed by atoms with Crippen LogP contribution in [0.4, 0.5) is 5.82 Å². The van der Waals surface area contributed by atoms with Crippen LogP contribution in [0.3, 0.4) is 0 Å². The third-order valence-electron chi connectivity index (χ3n) is 3.76. The lowest BCUT2D eigenvalue weighted by Crippen LogP contribution is -2.33. The van der Waals surface area contributed by atoms with Crippen molar-refractivity contribution in [1.29, 1.82) is 0 Å². The summed E-state index contributed by atoms with van der Waals surface area (Å²) in [7, 11) is 0. The molecule has 1 aromatic heterocycles. The van der Waals surface area contributed by atoms with Gasteiger partial charge in [-0.2, -0.15) is 0 Å². The Labute approximate surface area is 126 Å². The normalized spacial score (nSPS) is 15.4. The molecule has 0 spiro atoms. The van der Waals surface area contributed by atoms with E-state index in [1.807, 2.05) is 19.9 Å². The molecule has 0 radical (unpaired) electrons. The minimum absolute atomic E-state index is 0.0741. The SMILES string of the molecule is CC(C)c1cc(C(=O)NCCN2CCCC2)cc(NN)n1. The van der Waals surface area contributed by atoms with E-state index in [0.717, 1.165) is 25.3 Å². The van der Waals surface area contributed by atoms with Crippen LogP contribution >= 0.6 is 0 Å². The summed E-state index contributed by atoms with van der Waals surface area (Å²) in [5, 5.41) is 2.97. The lowest BCUT2D eigenvalue weighted by Gasteiger charge is -2.15. The number of nitrogens with one attached hydrogen (secondary N) is 2. The molecule has 0 saturated carbocycles. The van der Waals surface area contributed by atoms with Crippen molar-refractivity contribution in [2.75, 3.05) is 31.6 Å². The molecule has 116 valence electrons. The van der Waals surface area contributed by atoms with Gasteiger partial charge in [-0.15, -0.1) is 0 Å². The summed E-state index contributed by atoms with van der Waals surface area (Å²) in [6.45, 7) is 7.95. The van der Waals surface area contributed by atoms with Gasteiger partial charge in [-0.1, -0.05) is 13.8 Å². The van der Waals surface area contributed by atoms with Gasteiger partial charge in [0.15, 0.2) is 0 Å². The van der Waals surface area contributed by atoms with Crippen LogP contribution in [0.2, 0.25) is 0 Å². The largest absolute Gasteiger partial charge is 0.351 e. The fraction of sp³-hybridized carbons (Fsp3) is 0.600. The van der Waals surface area contributed by atoms with E-state index in [0.29, 0.717) is 17.9 Å². The van der Waals surface area contributed by atoms with Crippen molar-refractivity contribution in [3.63, 3.8) is 0 Å². The zero-order valence-corrected chi connectivity index (χ0v) is 12.9. The lowest BCUT2D eigenvalue weighted by molar-refractivity contribution is 0.0949. The van der Waals surface area contributed by atoms with Gasteiger partial charge in [0.2, 0.25) is 0 Å². The van der Waals surface area contributed by atoms with Crippen molar-refractivity contribution in [2.24, 2.45) is 5.84 Å². The first-order valence-corrected chi connectivity index (χ1v) is 7.59. The van der Waals surface area contributed by atoms with E-state index in [1.165, 1.54) is 12.8 Å². The Bertz CT molecular complexity index is 483. The first kappa shape index (κ1) is 15.7. The number of nitrogens with two attached hydrogens (primary N) is 1. The van der Waals surface area contributed by atoms with Crippen LogP contribution in [0, 0.1) is 0 Å². The molecule has 0 aromatic carbocycles. The van der Waals surface area contributed by atoms with Crippen LogP contribution in [0.5, 0.6) is 0 Å². The maximum Gasteiger partial charge on any atom is 0.251 e. The summed E-state index contributed by atoms with van der Waals surface area (Å²) in [6, 6.07) is 3.51. The smallest absolute Gasteiger partial charge is 0.251 e. The molecule has 0 atom stereocenters. The zero-order chi connectivity index (χ0) is 15.2. The third-order valence-corrected chi connectivity index (χ3v) is 3.76. The molecule has 1 saturated heterocycles. The highest BCUT2D eigenvalue weighted by Gasteiger charge is 2.13. The van der Waals surface area contributed by atoms with Gasteiger partial charge >= 0.3 is 0 Å². The Morgan fingerprint density at radius 1 is 1.38 bits per heavy atom. The predicted octanol–water partition coefficient (Wildman–Crippen LogP) is 1.32. The van der Waals surface area contributed by atoms with Crippen LogP contribution in [-0.4, -0.2) is 42.0 Å². The van der Waals surface area contributed by atoms with Gasteiger partial charge in [0.1, 0.15) is 5.82 Å². The molecular weight excluding hydrogens is 266 g/mol. The topological polar surface area (TPSA) is 83.3 Å². The summed E-state index contributed by atoms with van der Waals surface area (Å²) in [5.74, 6) is 6.11. The van der Waals surface area contributed by atoms with E-state index in [-0.39, 0.29) is 11.8 Å². The maximum absolute atomic E-state index is 12.2. The van der Waals surface area contributed by atoms with Crippen LogP contribution in [-0.2, 0) is 0 Å². The number of nitrogens with zero attached hydrogens (tertiary/aromatic N) is 2. The Morgan fingerprint density at radius 2 is 2.10 bits per heavy atom. The minimum atomic E-state index is -0.0741. The second kappa shape index (κ2) is 7.38. The summed E-state index contributed by atoms with van der Waals surface area (Å²) in [5.41, 5.74) is 3.98. The molecular formula is C15H25N5O. The molecule has 2 heterocycles. The first-order chi connectivity index (χ1) is 10.1. The molecule has 0 aliphatic carbocycles. The quantitative estimate of drug-likeness (QED) is 0.544. The van der Waals surface area contributed by atoms with Crippen molar-refractivity contribution >= 4 is 11.7 Å². The van der Waals surface area contributed by atoms with Crippen LogP contribution in [0.1, 0.15) is 48.7 Å². The molecule has 0 unspecified atom stereocenters. The van der Waals surface area contributed by atoms with E-state index in [4.69, 9.17) is 5.84 Å². The predicted molar refractivity (Wildman–Crippen MR) is 84.1 cm³/mol. The summed E-state index contributed by atoms with van der Waals surface area (Å²) >= 11 is 0. The standard InChI is InChI=1S/C15H25N5O/c1-11(2)13-9-12(10-14(18-13)19-16)15(21)17-5-8-20-6-3-4-7-20/h9-11H,3-8,16H2,1-2H3,(H,17,21)(H,18,19). The molecule has 1 amide bonds. The molecule has 2 rings (SSSR count). The van der Waals surface area contributed by atoms with E-state index in [9.17, 15) is 4.79 Å². The highest BCUT2D eigenvalue weighted by molar-refractivity contribution is 5.95. The Hall–Kier alpha value is -1.66. The van der Waals surface area contributed by atoms with Gasteiger partial charge in [-0.05, 0) is 44.0 Å². The van der Waals surface area contributed by atoms with E-state index in [2.05, 4.69) is 20.6 Å². The number of hydrogen-bond acceptors (Lipinski definition) is 5. The fourth-order valence-electron chi connectivity index (χ4n) is 2.49. The highest BCUT2D eigenvalue weighted by atomic mass is 16.1. The molecule has 1 aliphatic rings. The Morgan fingerprint density at radius 3 is 2.71 bits per heavy atom. The third kappa shape index (κ3) is 4.41. The molecule has 6 nitrogen and oxygen atoms in total. The minimum Gasteiger partial charge on any atom is -0.351 e. The van der Waals surface area contributed by atoms with E-state index < -0.39 is 0 Å². The molecule has 1 aromatic rings. The number of anilines is 1. The number of carbonyl (C=O) groups is 1. The summed E-state index contributed by atoms with van der Waals surface area (Å²) in [4.78, 5) is 19.0. The van der Waals surface area contributed by atoms with Gasteiger partial charge in [0.05, 0.1) is 0 Å². The van der Waals surface area contributed by atoms with Crippen molar-refractivity contribution in [3.8, 4) is 0 Å². The number of pyridine rings is 1. The molecule has 21 heavy (non-hydrogen) atoms. The summed E-state index contributed by atoms with van der Waals surface area (Å²) < 4.78 is 0. The van der Waals surface area contributed by atoms with Gasteiger partial charge in [-0.25, -0.2) is 10.8 Å². The van der Waals surface area contributed by atoms with Gasteiger partial charge in [-0.3, -0.25) is 4.79 Å². The number of rotatable bonds is 6. The second-order valence-electron chi connectivity index (χ2n) is 5.77. The number of hydrogen-bond donors (Lipinski definition) is 3. The van der Waals surface area contributed by atoms with Crippen molar-refractivity contribution in [2.45, 2.75) is 32.6 Å². The van der Waals surface area contributed by atoms with E-state index in [1.54, 1.807) is 6.07 Å². The number of hydrazine groups is 1. The lowest BCUT2D eigenvalue weighted by atomic mass is 10.1. The first-order valence-electron chi connectivity index (χ1n) is 7.59. The zero-order valence-electron chi connectivity index (χ0n) is 12.9. The van der Waals surface area contributed by atoms with E-state index >= 15 is 0 Å². The van der Waals surface area contributed by atoms with Crippen molar-refractivity contribution in [3.05, 3.63) is 23.4 Å².